The van der Waals surface area contributed by atoms with Crippen molar-refractivity contribution < 1.29 is 18.7 Å². The summed E-state index contributed by atoms with van der Waals surface area (Å²) < 4.78 is 18.7. The van der Waals surface area contributed by atoms with E-state index in [-0.39, 0.29) is 24.2 Å². The van der Waals surface area contributed by atoms with E-state index in [2.05, 4.69) is 17.1 Å². The lowest BCUT2D eigenvalue weighted by Crippen LogP contribution is -2.42. The average molecular weight is 442 g/mol. The molecule has 7 heteroatoms. The second-order valence-corrected chi connectivity index (χ2v) is 8.05. The van der Waals surface area contributed by atoms with Crippen LogP contribution in [-0.2, 0) is 11.3 Å². The molecule has 2 aromatic rings. The van der Waals surface area contributed by atoms with Gasteiger partial charge in [0, 0.05) is 38.3 Å². The summed E-state index contributed by atoms with van der Waals surface area (Å²) >= 11 is 0. The number of ether oxygens (including phenoxy) is 1. The molecule has 1 heterocycles. The normalized spacial score (nSPS) is 14.6. The molecule has 1 aliphatic rings. The van der Waals surface area contributed by atoms with Gasteiger partial charge in [-0.2, -0.15) is 0 Å². The predicted octanol–water partition coefficient (Wildman–Crippen LogP) is 3.47. The topological polar surface area (TPSA) is 61.9 Å². The Morgan fingerprint density at radius 2 is 1.75 bits per heavy atom. The lowest BCUT2D eigenvalue weighted by Gasteiger charge is -2.22. The van der Waals surface area contributed by atoms with Crippen LogP contribution in [0.15, 0.2) is 48.5 Å². The lowest BCUT2D eigenvalue weighted by atomic mass is 10.2. The van der Waals surface area contributed by atoms with Gasteiger partial charge in [-0.05, 0) is 54.8 Å². The van der Waals surface area contributed by atoms with Gasteiger partial charge < -0.3 is 15.0 Å². The molecule has 0 bridgehead atoms. The first kappa shape index (κ1) is 23.7. The van der Waals surface area contributed by atoms with E-state index >= 15 is 0 Å². The maximum Gasteiger partial charge on any atom is 0.251 e. The molecule has 1 saturated heterocycles. The van der Waals surface area contributed by atoms with E-state index in [0.717, 1.165) is 50.2 Å². The fraction of sp³-hybridized carbons (Fsp3) is 0.440. The van der Waals surface area contributed by atoms with E-state index < -0.39 is 0 Å². The van der Waals surface area contributed by atoms with Crippen molar-refractivity contribution in [3.05, 3.63) is 65.5 Å². The first-order valence-electron chi connectivity index (χ1n) is 11.3. The maximum atomic E-state index is 13.1. The van der Waals surface area contributed by atoms with Crippen molar-refractivity contribution in [2.45, 2.75) is 32.7 Å². The summed E-state index contributed by atoms with van der Waals surface area (Å²) in [6.07, 6.45) is 2.92. The van der Waals surface area contributed by atoms with E-state index in [9.17, 15) is 14.0 Å². The Kier molecular flexibility index (Phi) is 9.04. The number of halogens is 1. The molecule has 32 heavy (non-hydrogen) atoms. The lowest BCUT2D eigenvalue weighted by molar-refractivity contribution is -0.130. The molecule has 1 fully saturated rings. The van der Waals surface area contributed by atoms with Crippen LogP contribution in [0, 0.1) is 5.82 Å². The Labute approximate surface area is 189 Å². The zero-order chi connectivity index (χ0) is 22.8. The highest BCUT2D eigenvalue weighted by Gasteiger charge is 2.20. The minimum atomic E-state index is -0.272. The van der Waals surface area contributed by atoms with Crippen LogP contribution in [0.3, 0.4) is 0 Å². The Balaban J connectivity index is 1.42. The minimum absolute atomic E-state index is 0.0223. The summed E-state index contributed by atoms with van der Waals surface area (Å²) in [5.41, 5.74) is 1.56. The molecule has 3 rings (SSSR count). The SMILES string of the molecule is CCCCOc1ccc(C(=O)NCC(=O)N2CCCN(Cc3ccc(F)cc3)CC2)cc1. The van der Waals surface area contributed by atoms with Crippen molar-refractivity contribution in [2.24, 2.45) is 0 Å². The monoisotopic (exact) mass is 441 g/mol. The van der Waals surface area contributed by atoms with Crippen molar-refractivity contribution in [1.29, 1.82) is 0 Å². The molecule has 1 N–H and O–H groups in total. The molecule has 0 spiro atoms. The third-order valence-corrected chi connectivity index (χ3v) is 5.54. The number of hydrogen-bond donors (Lipinski definition) is 1. The summed E-state index contributed by atoms with van der Waals surface area (Å²) in [5, 5.41) is 2.72. The number of hydrogen-bond acceptors (Lipinski definition) is 4. The highest BCUT2D eigenvalue weighted by atomic mass is 19.1. The van der Waals surface area contributed by atoms with Gasteiger partial charge in [-0.25, -0.2) is 4.39 Å². The third kappa shape index (κ3) is 7.34. The molecular formula is C25H32FN3O3. The summed E-state index contributed by atoms with van der Waals surface area (Å²) in [5.74, 6) is 0.147. The van der Waals surface area contributed by atoms with Crippen LogP contribution in [0.25, 0.3) is 0 Å². The molecule has 2 amide bonds. The van der Waals surface area contributed by atoms with E-state index in [4.69, 9.17) is 4.74 Å². The number of rotatable bonds is 9. The Morgan fingerprint density at radius 1 is 1.00 bits per heavy atom. The molecule has 0 unspecified atom stereocenters. The average Bonchev–Trinajstić information content (AvgIpc) is 3.05. The number of benzene rings is 2. The second kappa shape index (κ2) is 12.2. The van der Waals surface area contributed by atoms with E-state index in [0.29, 0.717) is 25.3 Å². The first-order valence-corrected chi connectivity index (χ1v) is 11.3. The first-order chi connectivity index (χ1) is 15.5. The van der Waals surface area contributed by atoms with Crippen LogP contribution in [0.1, 0.15) is 42.1 Å². The molecule has 0 saturated carbocycles. The van der Waals surface area contributed by atoms with Crippen LogP contribution in [0.5, 0.6) is 5.75 Å². The van der Waals surface area contributed by atoms with Crippen LogP contribution in [0.2, 0.25) is 0 Å². The molecule has 1 aliphatic heterocycles. The summed E-state index contributed by atoms with van der Waals surface area (Å²) in [4.78, 5) is 29.1. The van der Waals surface area contributed by atoms with Gasteiger partial charge in [0.05, 0.1) is 13.2 Å². The zero-order valence-corrected chi connectivity index (χ0v) is 18.7. The highest BCUT2D eigenvalue weighted by molar-refractivity contribution is 5.96. The maximum absolute atomic E-state index is 13.1. The number of nitrogens with one attached hydrogen (secondary N) is 1. The number of unbranched alkanes of at least 4 members (excludes halogenated alkanes) is 1. The second-order valence-electron chi connectivity index (χ2n) is 8.05. The molecule has 2 aromatic carbocycles. The number of nitrogens with zero attached hydrogens (tertiary/aromatic N) is 2. The predicted molar refractivity (Wildman–Crippen MR) is 122 cm³/mol. The smallest absolute Gasteiger partial charge is 0.251 e. The van der Waals surface area contributed by atoms with Crippen LogP contribution >= 0.6 is 0 Å². The Hall–Kier alpha value is -2.93. The summed E-state index contributed by atoms with van der Waals surface area (Å²) in [7, 11) is 0. The Morgan fingerprint density at radius 3 is 2.47 bits per heavy atom. The van der Waals surface area contributed by atoms with Gasteiger partial charge in [0.1, 0.15) is 11.6 Å². The molecule has 0 atom stereocenters. The van der Waals surface area contributed by atoms with Gasteiger partial charge in [-0.3, -0.25) is 14.5 Å². The van der Waals surface area contributed by atoms with Crippen molar-refractivity contribution in [2.75, 3.05) is 39.3 Å². The summed E-state index contributed by atoms with van der Waals surface area (Å²) in [6, 6.07) is 13.5. The van der Waals surface area contributed by atoms with Crippen molar-refractivity contribution in [3.8, 4) is 5.75 Å². The van der Waals surface area contributed by atoms with Gasteiger partial charge in [0.2, 0.25) is 5.91 Å². The van der Waals surface area contributed by atoms with Gasteiger partial charge in [-0.15, -0.1) is 0 Å². The molecule has 6 nitrogen and oxygen atoms in total. The van der Waals surface area contributed by atoms with Gasteiger partial charge in [0.25, 0.3) is 5.91 Å². The highest BCUT2D eigenvalue weighted by Crippen LogP contribution is 2.13. The van der Waals surface area contributed by atoms with Gasteiger partial charge >= 0.3 is 0 Å². The number of amides is 2. The number of carbonyl (C=O) groups is 2. The quantitative estimate of drug-likeness (QED) is 0.606. The van der Waals surface area contributed by atoms with Crippen molar-refractivity contribution >= 4 is 11.8 Å². The molecule has 0 radical (unpaired) electrons. The molecule has 0 aromatic heterocycles. The standard InChI is InChI=1S/C25H32FN3O3/c1-2-3-17-32-23-11-7-21(8-12-23)25(31)27-18-24(30)29-14-4-13-28(15-16-29)19-20-5-9-22(26)10-6-20/h5-12H,2-4,13-19H2,1H3,(H,27,31). The molecule has 172 valence electrons. The van der Waals surface area contributed by atoms with Crippen LogP contribution in [0.4, 0.5) is 4.39 Å². The Bertz CT molecular complexity index is 871. The third-order valence-electron chi connectivity index (χ3n) is 5.54. The van der Waals surface area contributed by atoms with Crippen molar-refractivity contribution in [1.82, 2.24) is 15.1 Å². The van der Waals surface area contributed by atoms with Crippen molar-refractivity contribution in [3.63, 3.8) is 0 Å². The zero-order valence-electron chi connectivity index (χ0n) is 18.7. The van der Waals surface area contributed by atoms with Gasteiger partial charge in [-0.1, -0.05) is 25.5 Å². The summed E-state index contributed by atoms with van der Waals surface area (Å²) in [6.45, 7) is 6.37. The van der Waals surface area contributed by atoms with E-state index in [1.807, 2.05) is 0 Å². The minimum Gasteiger partial charge on any atom is -0.494 e. The largest absolute Gasteiger partial charge is 0.494 e. The van der Waals surface area contributed by atoms with Crippen LogP contribution in [-0.4, -0.2) is 60.9 Å². The fourth-order valence-corrected chi connectivity index (χ4v) is 3.63. The fourth-order valence-electron chi connectivity index (χ4n) is 3.63. The van der Waals surface area contributed by atoms with E-state index in [1.54, 1.807) is 41.3 Å². The van der Waals surface area contributed by atoms with Gasteiger partial charge in [0.15, 0.2) is 0 Å². The van der Waals surface area contributed by atoms with E-state index in [1.165, 1.54) is 12.1 Å². The van der Waals surface area contributed by atoms with Crippen LogP contribution < -0.4 is 10.1 Å². The molecular weight excluding hydrogens is 409 g/mol. The molecule has 0 aliphatic carbocycles. The number of carbonyl (C=O) groups excluding carboxylic acids is 2.